The summed E-state index contributed by atoms with van der Waals surface area (Å²) in [5, 5.41) is 5.95. The number of aromatic nitrogens is 1. The third-order valence-corrected chi connectivity index (χ3v) is 3.97. The molecule has 112 valence electrons. The molecule has 2 atom stereocenters. The molecule has 0 spiro atoms. The molecule has 0 aliphatic heterocycles. The topological polar surface area (TPSA) is 37.0 Å². The van der Waals surface area contributed by atoms with Gasteiger partial charge in [-0.05, 0) is 25.7 Å². The average Bonchev–Trinajstić information content (AvgIpc) is 2.44. The second-order valence-electron chi connectivity index (χ2n) is 5.46. The van der Waals surface area contributed by atoms with Crippen molar-refractivity contribution in [3.8, 4) is 0 Å². The zero-order chi connectivity index (χ0) is 14.5. The third kappa shape index (κ3) is 3.58. The molecule has 2 N–H and O–H groups in total. The van der Waals surface area contributed by atoms with E-state index < -0.39 is 11.6 Å². The Balaban J connectivity index is 2.10. The van der Waals surface area contributed by atoms with Gasteiger partial charge in [-0.2, -0.15) is 0 Å². The van der Waals surface area contributed by atoms with Crippen molar-refractivity contribution in [1.82, 2.24) is 4.98 Å². The molecule has 1 heterocycles. The molecule has 0 bridgehead atoms. The largest absolute Gasteiger partial charge is 0.368 e. The Morgan fingerprint density at radius 1 is 1.20 bits per heavy atom. The van der Waals surface area contributed by atoms with Gasteiger partial charge in [-0.25, -0.2) is 13.8 Å². The van der Waals surface area contributed by atoms with E-state index in [-0.39, 0.29) is 17.7 Å². The van der Waals surface area contributed by atoms with Crippen molar-refractivity contribution in [2.24, 2.45) is 5.92 Å². The van der Waals surface area contributed by atoms with Crippen molar-refractivity contribution in [3.05, 3.63) is 17.7 Å². The third-order valence-electron chi connectivity index (χ3n) is 3.97. The fourth-order valence-corrected chi connectivity index (χ4v) is 2.85. The lowest BCUT2D eigenvalue weighted by Crippen LogP contribution is -2.28. The summed E-state index contributed by atoms with van der Waals surface area (Å²) in [7, 11) is 0. The average molecular weight is 283 g/mol. The van der Waals surface area contributed by atoms with Crippen LogP contribution >= 0.6 is 0 Å². The normalized spacial score (nSPS) is 22.6. The van der Waals surface area contributed by atoms with Crippen LogP contribution in [0.15, 0.2) is 6.07 Å². The van der Waals surface area contributed by atoms with Crippen LogP contribution in [0.3, 0.4) is 0 Å². The number of pyridine rings is 1. The van der Waals surface area contributed by atoms with E-state index in [1.54, 1.807) is 0 Å². The first-order valence-corrected chi connectivity index (χ1v) is 7.50. The Labute approximate surface area is 119 Å². The summed E-state index contributed by atoms with van der Waals surface area (Å²) in [6.45, 7) is 4.59. The van der Waals surface area contributed by atoms with E-state index in [9.17, 15) is 8.78 Å². The number of anilines is 2. The van der Waals surface area contributed by atoms with Crippen LogP contribution in [0.1, 0.15) is 46.0 Å². The van der Waals surface area contributed by atoms with Gasteiger partial charge >= 0.3 is 0 Å². The predicted molar refractivity (Wildman–Crippen MR) is 78.0 cm³/mol. The van der Waals surface area contributed by atoms with Gasteiger partial charge in [0.25, 0.3) is 0 Å². The number of hydrogen-bond acceptors (Lipinski definition) is 3. The molecule has 1 fully saturated rings. The fourth-order valence-electron chi connectivity index (χ4n) is 2.85. The van der Waals surface area contributed by atoms with E-state index in [2.05, 4.69) is 22.5 Å². The molecule has 0 aromatic carbocycles. The van der Waals surface area contributed by atoms with E-state index >= 15 is 0 Å². The van der Waals surface area contributed by atoms with E-state index in [4.69, 9.17) is 0 Å². The van der Waals surface area contributed by atoms with Gasteiger partial charge in [0.05, 0.1) is 0 Å². The van der Waals surface area contributed by atoms with Crippen molar-refractivity contribution in [1.29, 1.82) is 0 Å². The maximum Gasteiger partial charge on any atom is 0.168 e. The zero-order valence-electron chi connectivity index (χ0n) is 12.2. The van der Waals surface area contributed by atoms with Crippen LogP contribution in [0.4, 0.5) is 20.4 Å². The lowest BCUT2D eigenvalue weighted by molar-refractivity contribution is 0.326. The molecule has 2 unspecified atom stereocenters. The minimum Gasteiger partial charge on any atom is -0.368 e. The van der Waals surface area contributed by atoms with Gasteiger partial charge in [0.1, 0.15) is 0 Å². The van der Waals surface area contributed by atoms with Crippen LogP contribution < -0.4 is 10.6 Å². The molecule has 1 aliphatic carbocycles. The number of rotatable bonds is 5. The zero-order valence-corrected chi connectivity index (χ0v) is 12.2. The van der Waals surface area contributed by atoms with Crippen molar-refractivity contribution >= 4 is 11.6 Å². The molecule has 1 saturated carbocycles. The predicted octanol–water partition coefficient (Wildman–Crippen LogP) is 4.17. The Morgan fingerprint density at radius 2 is 1.95 bits per heavy atom. The maximum absolute atomic E-state index is 13.8. The molecular formula is C15H23F2N3. The smallest absolute Gasteiger partial charge is 0.168 e. The molecule has 1 aromatic heterocycles. The van der Waals surface area contributed by atoms with Crippen molar-refractivity contribution in [2.75, 3.05) is 17.2 Å². The van der Waals surface area contributed by atoms with Crippen molar-refractivity contribution in [3.63, 3.8) is 0 Å². The first kappa shape index (κ1) is 15.0. The van der Waals surface area contributed by atoms with Gasteiger partial charge in [0, 0.05) is 18.7 Å². The lowest BCUT2D eigenvalue weighted by atomic mass is 9.84. The number of nitrogens with zero attached hydrogens (tertiary/aromatic N) is 1. The highest BCUT2D eigenvalue weighted by Gasteiger charge is 2.22. The molecule has 0 amide bonds. The quantitative estimate of drug-likeness (QED) is 0.851. The molecule has 0 radical (unpaired) electrons. The minimum absolute atomic E-state index is 0.110. The summed E-state index contributed by atoms with van der Waals surface area (Å²) in [6.07, 6.45) is 5.60. The van der Waals surface area contributed by atoms with Gasteiger partial charge in [0.2, 0.25) is 0 Å². The van der Waals surface area contributed by atoms with Gasteiger partial charge in [-0.1, -0.05) is 26.2 Å². The first-order valence-electron chi connectivity index (χ1n) is 7.50. The standard InChI is InChI=1S/C15H23F2N3/c1-3-10-6-5-7-11(8-10)19-15-13(17)9-12(16)14(20-15)18-4-2/h9-11H,3-8H2,1-2H3,(H2,18,19,20). The van der Waals surface area contributed by atoms with Crippen molar-refractivity contribution < 1.29 is 8.78 Å². The Kier molecular flexibility index (Phi) is 5.15. The Bertz CT molecular complexity index is 451. The summed E-state index contributed by atoms with van der Waals surface area (Å²) in [6, 6.07) is 1.13. The highest BCUT2D eigenvalue weighted by Crippen LogP contribution is 2.29. The van der Waals surface area contributed by atoms with Gasteiger partial charge in [-0.15, -0.1) is 0 Å². The Morgan fingerprint density at radius 3 is 2.65 bits per heavy atom. The monoisotopic (exact) mass is 283 g/mol. The van der Waals surface area contributed by atoms with Gasteiger partial charge < -0.3 is 10.6 Å². The molecule has 0 saturated heterocycles. The van der Waals surface area contributed by atoms with E-state index in [0.29, 0.717) is 12.5 Å². The first-order chi connectivity index (χ1) is 9.63. The molecule has 20 heavy (non-hydrogen) atoms. The Hall–Kier alpha value is -1.39. The van der Waals surface area contributed by atoms with E-state index in [1.165, 1.54) is 6.42 Å². The molecule has 3 nitrogen and oxygen atoms in total. The minimum atomic E-state index is -0.648. The number of nitrogens with one attached hydrogen (secondary N) is 2. The highest BCUT2D eigenvalue weighted by molar-refractivity contribution is 5.48. The maximum atomic E-state index is 13.8. The summed E-state index contributed by atoms with van der Waals surface area (Å²) in [5.41, 5.74) is 0. The molecule has 1 aromatic rings. The van der Waals surface area contributed by atoms with Crippen molar-refractivity contribution in [2.45, 2.75) is 52.0 Å². The van der Waals surface area contributed by atoms with Gasteiger partial charge in [0.15, 0.2) is 23.3 Å². The molecule has 1 aliphatic rings. The fraction of sp³-hybridized carbons (Fsp3) is 0.667. The van der Waals surface area contributed by atoms with Crippen LogP contribution in [0.2, 0.25) is 0 Å². The van der Waals surface area contributed by atoms with Gasteiger partial charge in [-0.3, -0.25) is 0 Å². The van der Waals surface area contributed by atoms with Crippen LogP contribution in [0.25, 0.3) is 0 Å². The SMILES string of the molecule is CCNc1nc(NC2CCCC(CC)C2)c(F)cc1F. The molecular weight excluding hydrogens is 260 g/mol. The molecule has 5 heteroatoms. The molecule has 2 rings (SSSR count). The van der Waals surface area contributed by atoms with Crippen LogP contribution in [0.5, 0.6) is 0 Å². The highest BCUT2D eigenvalue weighted by atomic mass is 19.1. The lowest BCUT2D eigenvalue weighted by Gasteiger charge is -2.29. The second kappa shape index (κ2) is 6.86. The summed E-state index contributed by atoms with van der Waals surface area (Å²) >= 11 is 0. The number of hydrogen-bond donors (Lipinski definition) is 2. The second-order valence-corrected chi connectivity index (χ2v) is 5.46. The number of halogens is 2. The summed E-state index contributed by atoms with van der Waals surface area (Å²) < 4.78 is 27.3. The summed E-state index contributed by atoms with van der Waals surface area (Å²) in [5.74, 6) is -0.311. The van der Waals surface area contributed by atoms with Crippen LogP contribution in [-0.4, -0.2) is 17.6 Å². The van der Waals surface area contributed by atoms with E-state index in [0.717, 1.165) is 31.7 Å². The summed E-state index contributed by atoms with van der Waals surface area (Å²) in [4.78, 5) is 4.03. The van der Waals surface area contributed by atoms with Crippen LogP contribution in [-0.2, 0) is 0 Å². The van der Waals surface area contributed by atoms with E-state index in [1.807, 2.05) is 6.92 Å². The van der Waals surface area contributed by atoms with Crippen LogP contribution in [0, 0.1) is 17.6 Å².